The number of methoxy groups -OCH3 is 1. The summed E-state index contributed by atoms with van der Waals surface area (Å²) in [5, 5.41) is 2.68. The van der Waals surface area contributed by atoms with Gasteiger partial charge in [-0.2, -0.15) is 0 Å². The van der Waals surface area contributed by atoms with Crippen LogP contribution in [0.1, 0.15) is 12.0 Å². The van der Waals surface area contributed by atoms with Crippen molar-refractivity contribution in [2.24, 2.45) is 5.73 Å². The largest absolute Gasteiger partial charge is 0.495 e. The van der Waals surface area contributed by atoms with Gasteiger partial charge in [-0.15, -0.1) is 0 Å². The molecule has 0 aliphatic carbocycles. The topological polar surface area (TPSA) is 137 Å². The molecule has 160 valence electrons. The molecule has 0 unspecified atom stereocenters. The van der Waals surface area contributed by atoms with Crippen LogP contribution in [0.3, 0.4) is 0 Å². The molecule has 2 rings (SSSR count). The van der Waals surface area contributed by atoms with E-state index < -0.39 is 21.8 Å². The maximum absolute atomic E-state index is 12.2. The van der Waals surface area contributed by atoms with E-state index >= 15 is 0 Å². The second-order valence-electron chi connectivity index (χ2n) is 6.03. The van der Waals surface area contributed by atoms with Gasteiger partial charge in [0.05, 0.1) is 20.1 Å². The number of hydrogen-bond donors (Lipinski definition) is 3. The summed E-state index contributed by atoms with van der Waals surface area (Å²) in [6.45, 7) is 0.141. The summed E-state index contributed by atoms with van der Waals surface area (Å²) in [5.74, 6) is -0.207. The second kappa shape index (κ2) is 10.4. The summed E-state index contributed by atoms with van der Waals surface area (Å²) < 4.78 is 37.0. The Bertz CT molecular complexity index is 1050. The third-order valence-corrected chi connectivity index (χ3v) is 5.33. The minimum absolute atomic E-state index is 0.0316. The minimum Gasteiger partial charge on any atom is -0.495 e. The lowest BCUT2D eigenvalue weighted by atomic mass is 10.2. The van der Waals surface area contributed by atoms with Crippen LogP contribution in [0.15, 0.2) is 53.4 Å². The Morgan fingerprint density at radius 1 is 1.17 bits per heavy atom. The second-order valence-corrected chi connectivity index (χ2v) is 7.89. The van der Waals surface area contributed by atoms with Gasteiger partial charge in [0.25, 0.3) is 0 Å². The Kier molecular flexibility index (Phi) is 7.96. The summed E-state index contributed by atoms with van der Waals surface area (Å²) in [4.78, 5) is 22.9. The average molecular weight is 433 g/mol. The molecular weight excluding hydrogens is 410 g/mol. The molecule has 0 heterocycles. The fraction of sp³-hybridized carbons (Fsp3) is 0.200. The van der Waals surface area contributed by atoms with Crippen molar-refractivity contribution in [2.75, 3.05) is 26.1 Å². The number of benzene rings is 2. The highest BCUT2D eigenvalue weighted by Crippen LogP contribution is 2.25. The number of ether oxygens (including phenoxy) is 2. The summed E-state index contributed by atoms with van der Waals surface area (Å²) in [7, 11) is -1.04. The summed E-state index contributed by atoms with van der Waals surface area (Å²) >= 11 is 0. The van der Waals surface area contributed by atoms with Crippen LogP contribution in [-0.2, 0) is 19.6 Å². The van der Waals surface area contributed by atoms with Crippen molar-refractivity contribution in [1.82, 2.24) is 4.72 Å². The Morgan fingerprint density at radius 3 is 2.60 bits per heavy atom. The first-order valence-electron chi connectivity index (χ1n) is 8.87. The third kappa shape index (κ3) is 6.61. The number of hydrogen-bond acceptors (Lipinski definition) is 6. The van der Waals surface area contributed by atoms with Crippen LogP contribution in [0.25, 0.3) is 6.08 Å². The molecule has 2 aromatic rings. The van der Waals surface area contributed by atoms with E-state index in [9.17, 15) is 18.0 Å². The number of carbonyl (C=O) groups excluding carboxylic acids is 2. The van der Waals surface area contributed by atoms with Gasteiger partial charge in [-0.05, 0) is 43.0 Å². The third-order valence-electron chi connectivity index (χ3n) is 3.89. The number of anilines is 1. The predicted molar refractivity (Wildman–Crippen MR) is 113 cm³/mol. The van der Waals surface area contributed by atoms with Crippen LogP contribution in [0.5, 0.6) is 11.5 Å². The number of sulfonamides is 1. The number of nitrogens with two attached hydrogens (primary N) is 1. The molecule has 0 bridgehead atoms. The van der Waals surface area contributed by atoms with E-state index in [1.807, 2.05) is 0 Å². The molecule has 0 atom stereocenters. The number of primary amides is 1. The van der Waals surface area contributed by atoms with E-state index in [0.29, 0.717) is 17.0 Å². The van der Waals surface area contributed by atoms with Crippen LogP contribution in [0.4, 0.5) is 5.69 Å². The normalized spacial score (nSPS) is 11.3. The van der Waals surface area contributed by atoms with Crippen molar-refractivity contribution in [3.8, 4) is 11.5 Å². The van der Waals surface area contributed by atoms with Gasteiger partial charge in [-0.3, -0.25) is 9.59 Å². The molecule has 0 aliphatic rings. The van der Waals surface area contributed by atoms with Crippen molar-refractivity contribution in [1.29, 1.82) is 0 Å². The average Bonchev–Trinajstić information content (AvgIpc) is 2.72. The smallest absolute Gasteiger partial charge is 0.248 e. The van der Waals surface area contributed by atoms with Gasteiger partial charge in [0.2, 0.25) is 21.8 Å². The fourth-order valence-electron chi connectivity index (χ4n) is 2.41. The highest BCUT2D eigenvalue weighted by Gasteiger charge is 2.17. The Hall–Kier alpha value is -3.37. The number of carbonyl (C=O) groups is 2. The van der Waals surface area contributed by atoms with Crippen LogP contribution < -0.4 is 25.2 Å². The van der Waals surface area contributed by atoms with E-state index in [2.05, 4.69) is 10.0 Å². The van der Waals surface area contributed by atoms with Gasteiger partial charge in [-0.25, -0.2) is 13.1 Å². The van der Waals surface area contributed by atoms with E-state index in [1.165, 1.54) is 38.4 Å². The molecule has 0 spiro atoms. The lowest BCUT2D eigenvalue weighted by Gasteiger charge is -2.09. The fourth-order valence-corrected chi connectivity index (χ4v) is 3.33. The molecule has 0 aliphatic heterocycles. The maximum Gasteiger partial charge on any atom is 0.248 e. The van der Waals surface area contributed by atoms with Crippen molar-refractivity contribution in [3.63, 3.8) is 0 Å². The highest BCUT2D eigenvalue weighted by molar-refractivity contribution is 7.89. The Morgan fingerprint density at radius 2 is 1.93 bits per heavy atom. The molecule has 2 amide bonds. The molecule has 0 saturated carbocycles. The Balaban J connectivity index is 2.08. The van der Waals surface area contributed by atoms with Crippen LogP contribution in [-0.4, -0.2) is 41.0 Å². The number of amides is 2. The molecule has 0 fully saturated rings. The zero-order valence-electron chi connectivity index (χ0n) is 16.5. The standard InChI is InChI=1S/C20H23N3O6S/c1-22-30(26,27)18-12-14(6-8-17(18)28-2)7-9-20(25)23-15-4-3-5-16(13-15)29-11-10-19(21)24/h3-9,12-13,22H,10-11H2,1-2H3,(H2,21,24)(H,23,25). The molecule has 10 heteroatoms. The van der Waals surface area contributed by atoms with Gasteiger partial charge in [0, 0.05) is 17.8 Å². The molecule has 0 radical (unpaired) electrons. The number of rotatable bonds is 10. The van der Waals surface area contributed by atoms with E-state index in [4.69, 9.17) is 15.2 Å². The zero-order chi connectivity index (χ0) is 22.1. The summed E-state index contributed by atoms with van der Waals surface area (Å²) in [6.07, 6.45) is 2.85. The van der Waals surface area contributed by atoms with E-state index in [-0.39, 0.29) is 23.7 Å². The Labute approximate surface area is 174 Å². The lowest BCUT2D eigenvalue weighted by Crippen LogP contribution is -2.19. The zero-order valence-corrected chi connectivity index (χ0v) is 17.4. The molecule has 4 N–H and O–H groups in total. The van der Waals surface area contributed by atoms with Crippen LogP contribution >= 0.6 is 0 Å². The SMILES string of the molecule is CNS(=O)(=O)c1cc(C=CC(=O)Nc2cccc(OCCC(N)=O)c2)ccc1OC. The van der Waals surface area contributed by atoms with Gasteiger partial charge in [-0.1, -0.05) is 12.1 Å². The molecule has 0 saturated heterocycles. The first kappa shape index (κ1) is 22.9. The first-order chi connectivity index (χ1) is 14.2. The van der Waals surface area contributed by atoms with Gasteiger partial charge in [0.1, 0.15) is 16.4 Å². The van der Waals surface area contributed by atoms with Gasteiger partial charge >= 0.3 is 0 Å². The molecule has 9 nitrogen and oxygen atoms in total. The molecular formula is C20H23N3O6S. The molecule has 30 heavy (non-hydrogen) atoms. The van der Waals surface area contributed by atoms with E-state index in [1.54, 1.807) is 30.3 Å². The van der Waals surface area contributed by atoms with Crippen LogP contribution in [0.2, 0.25) is 0 Å². The monoisotopic (exact) mass is 433 g/mol. The summed E-state index contributed by atoms with van der Waals surface area (Å²) in [5.41, 5.74) is 6.06. The van der Waals surface area contributed by atoms with Crippen molar-refractivity contribution in [2.45, 2.75) is 11.3 Å². The lowest BCUT2D eigenvalue weighted by molar-refractivity contribution is -0.118. The van der Waals surface area contributed by atoms with Gasteiger partial charge < -0.3 is 20.5 Å². The molecule has 0 aromatic heterocycles. The maximum atomic E-state index is 12.2. The van der Waals surface area contributed by atoms with Crippen molar-refractivity contribution >= 4 is 33.6 Å². The van der Waals surface area contributed by atoms with Crippen LogP contribution in [0, 0.1) is 0 Å². The van der Waals surface area contributed by atoms with Crippen molar-refractivity contribution in [3.05, 3.63) is 54.1 Å². The van der Waals surface area contributed by atoms with Gasteiger partial charge in [0.15, 0.2) is 0 Å². The quantitative estimate of drug-likeness (QED) is 0.486. The van der Waals surface area contributed by atoms with Crippen molar-refractivity contribution < 1.29 is 27.5 Å². The van der Waals surface area contributed by atoms with E-state index in [0.717, 1.165) is 0 Å². The minimum atomic E-state index is -3.72. The highest BCUT2D eigenvalue weighted by atomic mass is 32.2. The first-order valence-corrected chi connectivity index (χ1v) is 10.4. The summed E-state index contributed by atoms with van der Waals surface area (Å²) in [6, 6.07) is 11.2. The predicted octanol–water partition coefficient (Wildman–Crippen LogP) is 1.51. The molecule has 2 aromatic carbocycles. The number of nitrogens with one attached hydrogen (secondary N) is 2.